The molecule has 156 valence electrons. The number of carbonyl (C=O) groups excluding carboxylic acids is 2. The van der Waals surface area contributed by atoms with Crippen LogP contribution >= 0.6 is 22.9 Å². The first kappa shape index (κ1) is 19.6. The molecule has 1 N–H and O–H groups in total. The van der Waals surface area contributed by atoms with E-state index < -0.39 is 17.7 Å². The number of aliphatic hydroxyl groups is 1. The number of aromatic nitrogens is 1. The van der Waals surface area contributed by atoms with Crippen molar-refractivity contribution in [1.82, 2.24) is 4.98 Å². The van der Waals surface area contributed by atoms with Crippen molar-refractivity contribution < 1.29 is 24.2 Å². The Bertz CT molecular complexity index is 1220. The summed E-state index contributed by atoms with van der Waals surface area (Å²) in [4.78, 5) is 31.5. The summed E-state index contributed by atoms with van der Waals surface area (Å²) in [6.07, 6.45) is 1.55. The Balaban J connectivity index is 1.69. The van der Waals surface area contributed by atoms with Crippen LogP contribution < -0.4 is 14.4 Å². The van der Waals surface area contributed by atoms with Gasteiger partial charge in [-0.05, 0) is 35.9 Å². The molecule has 1 amide bonds. The van der Waals surface area contributed by atoms with Crippen molar-refractivity contribution in [2.45, 2.75) is 6.04 Å². The van der Waals surface area contributed by atoms with Gasteiger partial charge in [-0.15, -0.1) is 11.3 Å². The Morgan fingerprint density at radius 3 is 2.68 bits per heavy atom. The number of thiazole rings is 1. The van der Waals surface area contributed by atoms with Crippen molar-refractivity contribution in [3.05, 3.63) is 75.8 Å². The summed E-state index contributed by atoms with van der Waals surface area (Å²) < 4.78 is 11.1. The van der Waals surface area contributed by atoms with E-state index in [1.54, 1.807) is 54.0 Å². The van der Waals surface area contributed by atoms with Crippen LogP contribution in [0.15, 0.2) is 59.6 Å². The van der Waals surface area contributed by atoms with Gasteiger partial charge in [0.15, 0.2) is 16.6 Å². The minimum Gasteiger partial charge on any atom is -0.507 e. The molecular weight excluding hydrogens is 440 g/mol. The fourth-order valence-corrected chi connectivity index (χ4v) is 4.57. The van der Waals surface area contributed by atoms with Crippen molar-refractivity contribution >= 4 is 45.5 Å². The summed E-state index contributed by atoms with van der Waals surface area (Å²) in [5, 5.41) is 13.7. The summed E-state index contributed by atoms with van der Waals surface area (Å²) in [6.45, 7) is 0.820. The summed E-state index contributed by atoms with van der Waals surface area (Å²) in [5.74, 6) is -0.855. The van der Waals surface area contributed by atoms with Crippen molar-refractivity contribution in [2.24, 2.45) is 0 Å². The van der Waals surface area contributed by atoms with Crippen LogP contribution in [0.5, 0.6) is 11.5 Å². The second-order valence-corrected chi connectivity index (χ2v) is 8.21. The molecule has 1 fully saturated rings. The van der Waals surface area contributed by atoms with E-state index in [0.29, 0.717) is 46.0 Å². The molecule has 0 saturated carbocycles. The number of Topliss-reactive ketones (excluding diaryl/α,β-unsaturated/α-hetero) is 1. The minimum atomic E-state index is -0.877. The number of hydrogen-bond acceptors (Lipinski definition) is 7. The summed E-state index contributed by atoms with van der Waals surface area (Å²) in [5.41, 5.74) is 0.883. The first-order chi connectivity index (χ1) is 15.0. The maximum absolute atomic E-state index is 13.1. The highest BCUT2D eigenvalue weighted by Crippen LogP contribution is 2.44. The number of ether oxygens (including phenoxy) is 2. The van der Waals surface area contributed by atoms with Crippen LogP contribution in [0.1, 0.15) is 17.2 Å². The Hall–Kier alpha value is -3.36. The third-order valence-corrected chi connectivity index (χ3v) is 6.06. The van der Waals surface area contributed by atoms with E-state index in [1.165, 1.54) is 16.2 Å². The molecule has 2 aliphatic rings. The maximum Gasteiger partial charge on any atom is 0.301 e. The summed E-state index contributed by atoms with van der Waals surface area (Å²) >= 11 is 7.41. The SMILES string of the molecule is O=C1C(=O)N(c2nccs2)C(c2cccc(Cl)c2)C1=C(O)c1ccc2c(c1)OCCO2. The van der Waals surface area contributed by atoms with Gasteiger partial charge in [0.25, 0.3) is 5.78 Å². The van der Waals surface area contributed by atoms with Gasteiger partial charge in [-0.1, -0.05) is 23.7 Å². The number of nitrogens with zero attached hydrogens (tertiary/aromatic N) is 2. The van der Waals surface area contributed by atoms with Crippen LogP contribution in [0.2, 0.25) is 5.02 Å². The van der Waals surface area contributed by atoms with Crippen LogP contribution in [-0.2, 0) is 9.59 Å². The molecule has 2 aromatic carbocycles. The first-order valence-electron chi connectivity index (χ1n) is 9.40. The van der Waals surface area contributed by atoms with Gasteiger partial charge in [0.2, 0.25) is 0 Å². The predicted molar refractivity (Wildman–Crippen MR) is 116 cm³/mol. The van der Waals surface area contributed by atoms with Gasteiger partial charge in [0.05, 0.1) is 11.6 Å². The molecule has 5 rings (SSSR count). The molecule has 3 aromatic rings. The molecule has 9 heteroatoms. The molecule has 2 aliphatic heterocycles. The van der Waals surface area contributed by atoms with E-state index in [-0.39, 0.29) is 11.3 Å². The van der Waals surface area contributed by atoms with Gasteiger partial charge in [0.1, 0.15) is 19.0 Å². The molecule has 0 aliphatic carbocycles. The fourth-order valence-electron chi connectivity index (χ4n) is 3.70. The quantitative estimate of drug-likeness (QED) is 0.362. The Morgan fingerprint density at radius 2 is 1.94 bits per heavy atom. The molecule has 7 nitrogen and oxygen atoms in total. The van der Waals surface area contributed by atoms with Crippen LogP contribution in [-0.4, -0.2) is 35.0 Å². The van der Waals surface area contributed by atoms with Gasteiger partial charge in [0, 0.05) is 22.2 Å². The molecule has 1 atom stereocenters. The molecule has 1 saturated heterocycles. The Kier molecular flexibility index (Phi) is 4.88. The van der Waals surface area contributed by atoms with Crippen molar-refractivity contribution in [2.75, 3.05) is 18.1 Å². The highest BCUT2D eigenvalue weighted by molar-refractivity contribution is 7.14. The van der Waals surface area contributed by atoms with Gasteiger partial charge < -0.3 is 14.6 Å². The number of anilines is 1. The lowest BCUT2D eigenvalue weighted by Gasteiger charge is -2.23. The van der Waals surface area contributed by atoms with Crippen LogP contribution in [0.3, 0.4) is 0 Å². The monoisotopic (exact) mass is 454 g/mol. The van der Waals surface area contributed by atoms with E-state index in [0.717, 1.165) is 0 Å². The average molecular weight is 455 g/mol. The minimum absolute atomic E-state index is 0.0425. The normalized spacial score (nSPS) is 19.6. The zero-order chi connectivity index (χ0) is 21.5. The Morgan fingerprint density at radius 1 is 1.13 bits per heavy atom. The highest BCUT2D eigenvalue weighted by atomic mass is 35.5. The van der Waals surface area contributed by atoms with Crippen LogP contribution in [0, 0.1) is 0 Å². The van der Waals surface area contributed by atoms with Gasteiger partial charge in [-0.25, -0.2) is 4.98 Å². The fraction of sp³-hybridized carbons (Fsp3) is 0.136. The zero-order valence-corrected chi connectivity index (χ0v) is 17.5. The topological polar surface area (TPSA) is 89.0 Å². The molecule has 0 radical (unpaired) electrons. The molecular formula is C22H15ClN2O5S. The van der Waals surface area contributed by atoms with Gasteiger partial charge in [-0.2, -0.15) is 0 Å². The van der Waals surface area contributed by atoms with Crippen molar-refractivity contribution in [3.8, 4) is 11.5 Å². The summed E-state index contributed by atoms with van der Waals surface area (Å²) in [6, 6.07) is 10.8. The smallest absolute Gasteiger partial charge is 0.301 e. The number of carbonyl (C=O) groups is 2. The third kappa shape index (κ3) is 3.34. The van der Waals surface area contributed by atoms with Crippen molar-refractivity contribution in [1.29, 1.82) is 0 Å². The standard InChI is InChI=1S/C22H15ClN2O5S/c23-14-3-1-2-12(10-14)18-17(20(27)21(28)25(18)22-24-6-9-31-22)19(26)13-4-5-15-16(11-13)30-8-7-29-15/h1-6,9-11,18,26H,7-8H2. The molecule has 3 heterocycles. The van der Waals surface area contributed by atoms with E-state index in [1.807, 2.05) is 0 Å². The van der Waals surface area contributed by atoms with E-state index in [2.05, 4.69) is 4.98 Å². The first-order valence-corrected chi connectivity index (χ1v) is 10.7. The molecule has 0 spiro atoms. The lowest BCUT2D eigenvalue weighted by atomic mass is 9.95. The van der Waals surface area contributed by atoms with Crippen LogP contribution in [0.25, 0.3) is 5.76 Å². The predicted octanol–water partition coefficient (Wildman–Crippen LogP) is 4.19. The average Bonchev–Trinajstić information content (AvgIpc) is 3.40. The maximum atomic E-state index is 13.1. The number of benzene rings is 2. The Labute approximate surface area is 186 Å². The van der Waals surface area contributed by atoms with Gasteiger partial charge in [-0.3, -0.25) is 14.5 Å². The number of fused-ring (bicyclic) bond motifs is 1. The number of aliphatic hydroxyl groups excluding tert-OH is 1. The lowest BCUT2D eigenvalue weighted by molar-refractivity contribution is -0.132. The summed E-state index contributed by atoms with van der Waals surface area (Å²) in [7, 11) is 0. The molecule has 0 bridgehead atoms. The second kappa shape index (κ2) is 7.72. The molecule has 1 unspecified atom stereocenters. The second-order valence-electron chi connectivity index (χ2n) is 6.90. The number of halogens is 1. The number of ketones is 1. The molecule has 31 heavy (non-hydrogen) atoms. The third-order valence-electron chi connectivity index (χ3n) is 5.05. The van der Waals surface area contributed by atoms with E-state index >= 15 is 0 Å². The number of amides is 1. The van der Waals surface area contributed by atoms with E-state index in [4.69, 9.17) is 21.1 Å². The lowest BCUT2D eigenvalue weighted by Crippen LogP contribution is -2.29. The largest absolute Gasteiger partial charge is 0.507 e. The van der Waals surface area contributed by atoms with Gasteiger partial charge >= 0.3 is 5.91 Å². The zero-order valence-electron chi connectivity index (χ0n) is 15.9. The van der Waals surface area contributed by atoms with Crippen LogP contribution in [0.4, 0.5) is 5.13 Å². The highest BCUT2D eigenvalue weighted by Gasteiger charge is 2.48. The van der Waals surface area contributed by atoms with Crippen molar-refractivity contribution in [3.63, 3.8) is 0 Å². The number of hydrogen-bond donors (Lipinski definition) is 1. The molecule has 1 aromatic heterocycles. The van der Waals surface area contributed by atoms with E-state index in [9.17, 15) is 14.7 Å². The number of rotatable bonds is 3.